The molecule has 90 valence electrons. The van der Waals surface area contributed by atoms with E-state index in [2.05, 4.69) is 32.6 Å². The fraction of sp³-hybridized carbons (Fsp3) is 0.462. The number of nitrogens with one attached hydrogen (secondary N) is 2. The van der Waals surface area contributed by atoms with Crippen molar-refractivity contribution in [2.75, 3.05) is 25.0 Å². The van der Waals surface area contributed by atoms with Gasteiger partial charge in [0, 0.05) is 16.7 Å². The van der Waals surface area contributed by atoms with Crippen LogP contribution in [0.3, 0.4) is 0 Å². The third kappa shape index (κ3) is 3.45. The monoisotopic (exact) mass is 293 g/mol. The molecule has 3 nitrogen and oxygen atoms in total. The van der Waals surface area contributed by atoms with Crippen LogP contribution in [0.4, 0.5) is 5.69 Å². The van der Waals surface area contributed by atoms with Crippen molar-refractivity contribution in [1.29, 1.82) is 5.26 Å². The predicted octanol–water partition coefficient (Wildman–Crippen LogP) is 2.73. The molecule has 1 saturated heterocycles. The Kier molecular flexibility index (Phi) is 4.41. The minimum atomic E-state index is 0.685. The first-order valence-electron chi connectivity index (χ1n) is 5.94. The van der Waals surface area contributed by atoms with E-state index in [1.165, 1.54) is 12.8 Å². The quantitative estimate of drug-likeness (QED) is 0.901. The van der Waals surface area contributed by atoms with Crippen molar-refractivity contribution < 1.29 is 0 Å². The molecule has 1 aromatic carbocycles. The van der Waals surface area contributed by atoms with Gasteiger partial charge in [0.05, 0.1) is 11.6 Å². The van der Waals surface area contributed by atoms with E-state index in [1.807, 2.05) is 18.2 Å². The number of benzene rings is 1. The minimum absolute atomic E-state index is 0.685. The van der Waals surface area contributed by atoms with Crippen molar-refractivity contribution in [3.8, 4) is 6.07 Å². The highest BCUT2D eigenvalue weighted by atomic mass is 79.9. The number of piperidine rings is 1. The van der Waals surface area contributed by atoms with Crippen LogP contribution in [0.15, 0.2) is 22.7 Å². The molecule has 1 aromatic rings. The van der Waals surface area contributed by atoms with Gasteiger partial charge in [-0.15, -0.1) is 0 Å². The summed E-state index contributed by atoms with van der Waals surface area (Å²) in [6, 6.07) is 7.79. The summed E-state index contributed by atoms with van der Waals surface area (Å²) >= 11 is 3.49. The Morgan fingerprint density at radius 3 is 2.82 bits per heavy atom. The molecule has 0 saturated carbocycles. The Bertz CT molecular complexity index is 419. The average Bonchev–Trinajstić information content (AvgIpc) is 2.38. The summed E-state index contributed by atoms with van der Waals surface area (Å²) < 4.78 is 0.963. The number of hydrogen-bond donors (Lipinski definition) is 2. The number of nitriles is 1. The zero-order chi connectivity index (χ0) is 12.1. The highest BCUT2D eigenvalue weighted by molar-refractivity contribution is 9.10. The molecule has 1 aliphatic heterocycles. The van der Waals surface area contributed by atoms with Crippen molar-refractivity contribution >= 4 is 21.6 Å². The van der Waals surface area contributed by atoms with Crippen LogP contribution in [0.1, 0.15) is 18.4 Å². The van der Waals surface area contributed by atoms with Crippen molar-refractivity contribution in [2.24, 2.45) is 5.92 Å². The highest BCUT2D eigenvalue weighted by Crippen LogP contribution is 2.24. The van der Waals surface area contributed by atoms with Gasteiger partial charge in [-0.1, -0.05) is 0 Å². The molecule has 2 N–H and O–H groups in total. The molecule has 0 spiro atoms. The minimum Gasteiger partial charge on any atom is -0.384 e. The second-order valence-electron chi connectivity index (χ2n) is 4.38. The number of hydrogen-bond acceptors (Lipinski definition) is 3. The standard InChI is InChI=1S/C13H16BrN3/c14-12-7-11(8-15)1-2-13(12)17-9-10-3-5-16-6-4-10/h1-2,7,10,16-17H,3-6,9H2. The normalized spacial score (nSPS) is 16.5. The van der Waals surface area contributed by atoms with Gasteiger partial charge in [0.15, 0.2) is 0 Å². The van der Waals surface area contributed by atoms with Crippen molar-refractivity contribution in [2.45, 2.75) is 12.8 Å². The van der Waals surface area contributed by atoms with E-state index < -0.39 is 0 Å². The average molecular weight is 294 g/mol. The van der Waals surface area contributed by atoms with Gasteiger partial charge in [-0.2, -0.15) is 5.26 Å². The highest BCUT2D eigenvalue weighted by Gasteiger charge is 2.12. The molecule has 1 heterocycles. The fourth-order valence-corrected chi connectivity index (χ4v) is 2.59. The first-order valence-corrected chi connectivity index (χ1v) is 6.73. The molecule has 0 amide bonds. The third-order valence-electron chi connectivity index (χ3n) is 3.14. The summed E-state index contributed by atoms with van der Waals surface area (Å²) in [5.41, 5.74) is 1.76. The molecular weight excluding hydrogens is 278 g/mol. The van der Waals surface area contributed by atoms with Gasteiger partial charge in [0.1, 0.15) is 0 Å². The molecule has 17 heavy (non-hydrogen) atoms. The van der Waals surface area contributed by atoms with Gasteiger partial charge in [-0.05, 0) is 66.0 Å². The first kappa shape index (κ1) is 12.4. The summed E-state index contributed by atoms with van der Waals surface area (Å²) in [7, 11) is 0. The summed E-state index contributed by atoms with van der Waals surface area (Å²) in [5.74, 6) is 0.749. The van der Waals surface area contributed by atoms with Crippen molar-refractivity contribution in [3.63, 3.8) is 0 Å². The first-order chi connectivity index (χ1) is 8.29. The van der Waals surface area contributed by atoms with Crippen LogP contribution in [0, 0.1) is 17.2 Å². The zero-order valence-electron chi connectivity index (χ0n) is 9.67. The van der Waals surface area contributed by atoms with E-state index in [0.717, 1.165) is 35.7 Å². The molecule has 4 heteroatoms. The lowest BCUT2D eigenvalue weighted by Gasteiger charge is -2.23. The Morgan fingerprint density at radius 1 is 1.41 bits per heavy atom. The van der Waals surface area contributed by atoms with E-state index >= 15 is 0 Å². The lowest BCUT2D eigenvalue weighted by atomic mass is 9.98. The van der Waals surface area contributed by atoms with Crippen LogP contribution in [-0.4, -0.2) is 19.6 Å². The molecular formula is C13H16BrN3. The third-order valence-corrected chi connectivity index (χ3v) is 3.79. The van der Waals surface area contributed by atoms with Gasteiger partial charge in [0.25, 0.3) is 0 Å². The number of nitrogens with zero attached hydrogens (tertiary/aromatic N) is 1. The van der Waals surface area contributed by atoms with E-state index in [0.29, 0.717) is 5.56 Å². The molecule has 1 aliphatic rings. The molecule has 0 bridgehead atoms. The Labute approximate surface area is 110 Å². The van der Waals surface area contributed by atoms with Gasteiger partial charge in [0.2, 0.25) is 0 Å². The molecule has 0 atom stereocenters. The summed E-state index contributed by atoms with van der Waals surface area (Å²) in [6.45, 7) is 3.26. The van der Waals surface area contributed by atoms with Crippen LogP contribution >= 0.6 is 15.9 Å². The smallest absolute Gasteiger partial charge is 0.0992 e. The maximum Gasteiger partial charge on any atom is 0.0992 e. The Hall–Kier alpha value is -1.05. The summed E-state index contributed by atoms with van der Waals surface area (Å²) in [4.78, 5) is 0. The number of rotatable bonds is 3. The van der Waals surface area contributed by atoms with Crippen LogP contribution < -0.4 is 10.6 Å². The second-order valence-corrected chi connectivity index (χ2v) is 5.24. The van der Waals surface area contributed by atoms with Crippen LogP contribution in [0.25, 0.3) is 0 Å². The molecule has 0 aromatic heterocycles. The lowest BCUT2D eigenvalue weighted by Crippen LogP contribution is -2.31. The fourth-order valence-electron chi connectivity index (χ4n) is 2.07. The van der Waals surface area contributed by atoms with Crippen molar-refractivity contribution in [3.05, 3.63) is 28.2 Å². The Morgan fingerprint density at radius 2 is 2.18 bits per heavy atom. The van der Waals surface area contributed by atoms with E-state index in [9.17, 15) is 0 Å². The predicted molar refractivity (Wildman–Crippen MR) is 72.9 cm³/mol. The zero-order valence-corrected chi connectivity index (χ0v) is 11.3. The second kappa shape index (κ2) is 6.04. The van der Waals surface area contributed by atoms with Gasteiger partial charge in [-0.25, -0.2) is 0 Å². The topological polar surface area (TPSA) is 47.9 Å². The molecule has 0 radical (unpaired) electrons. The molecule has 0 unspecified atom stereocenters. The summed E-state index contributed by atoms with van der Waals surface area (Å²) in [6.07, 6.45) is 2.47. The van der Waals surface area contributed by atoms with E-state index in [1.54, 1.807) is 0 Å². The van der Waals surface area contributed by atoms with Gasteiger partial charge >= 0.3 is 0 Å². The van der Waals surface area contributed by atoms with Crippen molar-refractivity contribution in [1.82, 2.24) is 5.32 Å². The maximum atomic E-state index is 8.79. The SMILES string of the molecule is N#Cc1ccc(NCC2CCNCC2)c(Br)c1. The van der Waals surface area contributed by atoms with Gasteiger partial charge < -0.3 is 10.6 Å². The van der Waals surface area contributed by atoms with Crippen LogP contribution in [0.2, 0.25) is 0 Å². The Balaban J connectivity index is 1.92. The van der Waals surface area contributed by atoms with Crippen LogP contribution in [-0.2, 0) is 0 Å². The molecule has 1 fully saturated rings. The van der Waals surface area contributed by atoms with E-state index in [4.69, 9.17) is 5.26 Å². The van der Waals surface area contributed by atoms with Gasteiger partial charge in [-0.3, -0.25) is 0 Å². The maximum absolute atomic E-state index is 8.79. The number of anilines is 1. The number of halogens is 1. The lowest BCUT2D eigenvalue weighted by molar-refractivity contribution is 0.390. The van der Waals surface area contributed by atoms with Crippen LogP contribution in [0.5, 0.6) is 0 Å². The molecule has 2 rings (SSSR count). The molecule has 0 aliphatic carbocycles. The summed E-state index contributed by atoms with van der Waals surface area (Å²) in [5, 5.41) is 15.6. The van der Waals surface area contributed by atoms with E-state index in [-0.39, 0.29) is 0 Å². The largest absolute Gasteiger partial charge is 0.384 e.